The Kier molecular flexibility index (Phi) is 4.69. The molecule has 0 atom stereocenters. The van der Waals surface area contributed by atoms with Crippen molar-refractivity contribution >= 4 is 0 Å². The maximum Gasteiger partial charge on any atom is 0.122 e. The first kappa shape index (κ1) is 15.2. The van der Waals surface area contributed by atoms with E-state index in [1.807, 2.05) is 18.2 Å². The van der Waals surface area contributed by atoms with E-state index < -0.39 is 0 Å². The van der Waals surface area contributed by atoms with Crippen LogP contribution >= 0.6 is 0 Å². The first-order chi connectivity index (χ1) is 10.1. The minimum atomic E-state index is 0.823. The lowest BCUT2D eigenvalue weighted by Gasteiger charge is -2.16. The van der Waals surface area contributed by atoms with Crippen molar-refractivity contribution in [2.24, 2.45) is 0 Å². The van der Waals surface area contributed by atoms with Crippen LogP contribution in [0.15, 0.2) is 43.0 Å². The van der Waals surface area contributed by atoms with Crippen LogP contribution in [0.1, 0.15) is 16.7 Å². The lowest BCUT2D eigenvalue weighted by atomic mass is 9.92. The van der Waals surface area contributed by atoms with Crippen molar-refractivity contribution in [3.05, 3.63) is 59.7 Å². The third-order valence-electron chi connectivity index (χ3n) is 3.82. The molecule has 0 radical (unpaired) electrons. The molecule has 2 rings (SSSR count). The fourth-order valence-corrected chi connectivity index (χ4v) is 2.68. The number of hydrogen-bond acceptors (Lipinski definition) is 2. The zero-order valence-electron chi connectivity index (χ0n) is 13.2. The van der Waals surface area contributed by atoms with Crippen molar-refractivity contribution in [1.82, 2.24) is 0 Å². The quantitative estimate of drug-likeness (QED) is 0.739. The molecular weight excluding hydrogens is 260 g/mol. The lowest BCUT2D eigenvalue weighted by Crippen LogP contribution is -1.97. The number of ether oxygens (including phenoxy) is 2. The van der Waals surface area contributed by atoms with Gasteiger partial charge in [0.2, 0.25) is 0 Å². The number of benzene rings is 2. The van der Waals surface area contributed by atoms with Crippen molar-refractivity contribution in [3.63, 3.8) is 0 Å². The fourth-order valence-electron chi connectivity index (χ4n) is 2.68. The van der Waals surface area contributed by atoms with Crippen LogP contribution in [0.5, 0.6) is 11.5 Å². The standard InChI is InChI=1S/C19H22O2/c1-6-7-16-14(3)19(21-5)11-9-17(16)15-8-10-18(20-4)13(2)12-15/h6,8-12H,1,7H2,2-5H3. The molecule has 2 heteroatoms. The van der Waals surface area contributed by atoms with E-state index in [4.69, 9.17) is 9.47 Å². The SMILES string of the molecule is C=CCc1c(-c2ccc(OC)c(C)c2)ccc(OC)c1C. The second-order valence-corrected chi connectivity index (χ2v) is 5.10. The summed E-state index contributed by atoms with van der Waals surface area (Å²) < 4.78 is 10.8. The summed E-state index contributed by atoms with van der Waals surface area (Å²) in [5.74, 6) is 1.83. The summed E-state index contributed by atoms with van der Waals surface area (Å²) in [6.07, 6.45) is 2.76. The molecular formula is C19H22O2. The third-order valence-corrected chi connectivity index (χ3v) is 3.82. The zero-order chi connectivity index (χ0) is 15.4. The van der Waals surface area contributed by atoms with Crippen molar-refractivity contribution in [2.45, 2.75) is 20.3 Å². The summed E-state index contributed by atoms with van der Waals surface area (Å²) in [6, 6.07) is 10.4. The van der Waals surface area contributed by atoms with E-state index in [0.717, 1.165) is 23.5 Å². The van der Waals surface area contributed by atoms with Gasteiger partial charge in [-0.15, -0.1) is 6.58 Å². The summed E-state index contributed by atoms with van der Waals surface area (Å²) in [4.78, 5) is 0. The third kappa shape index (κ3) is 2.94. The summed E-state index contributed by atoms with van der Waals surface area (Å²) in [6.45, 7) is 8.03. The Morgan fingerprint density at radius 1 is 1.00 bits per heavy atom. The van der Waals surface area contributed by atoms with Gasteiger partial charge in [-0.3, -0.25) is 0 Å². The Morgan fingerprint density at radius 2 is 1.67 bits per heavy atom. The largest absolute Gasteiger partial charge is 0.496 e. The molecule has 0 amide bonds. The predicted molar refractivity (Wildman–Crippen MR) is 88.4 cm³/mol. The molecule has 0 saturated carbocycles. The summed E-state index contributed by atoms with van der Waals surface area (Å²) in [5, 5.41) is 0. The highest BCUT2D eigenvalue weighted by atomic mass is 16.5. The van der Waals surface area contributed by atoms with Gasteiger partial charge in [-0.2, -0.15) is 0 Å². The van der Waals surface area contributed by atoms with Crippen LogP contribution < -0.4 is 9.47 Å². The van der Waals surface area contributed by atoms with E-state index in [0.29, 0.717) is 0 Å². The molecule has 0 saturated heterocycles. The van der Waals surface area contributed by atoms with E-state index in [-0.39, 0.29) is 0 Å². The summed E-state index contributed by atoms with van der Waals surface area (Å²) in [7, 11) is 3.40. The van der Waals surface area contributed by atoms with Gasteiger partial charge in [0.15, 0.2) is 0 Å². The van der Waals surface area contributed by atoms with Crippen LogP contribution in [0, 0.1) is 13.8 Å². The molecule has 2 aromatic rings. The molecule has 0 spiro atoms. The van der Waals surface area contributed by atoms with Gasteiger partial charge < -0.3 is 9.47 Å². The predicted octanol–water partition coefficient (Wildman–Crippen LogP) is 4.72. The van der Waals surface area contributed by atoms with Gasteiger partial charge in [-0.25, -0.2) is 0 Å². The minimum absolute atomic E-state index is 0.823. The number of methoxy groups -OCH3 is 2. The number of allylic oxidation sites excluding steroid dienone is 1. The smallest absolute Gasteiger partial charge is 0.122 e. The molecule has 0 aromatic heterocycles. The van der Waals surface area contributed by atoms with E-state index in [1.165, 1.54) is 22.3 Å². The van der Waals surface area contributed by atoms with Crippen molar-refractivity contribution in [1.29, 1.82) is 0 Å². The molecule has 0 fully saturated rings. The molecule has 0 aliphatic carbocycles. The number of rotatable bonds is 5. The van der Waals surface area contributed by atoms with Gasteiger partial charge in [0.05, 0.1) is 14.2 Å². The minimum Gasteiger partial charge on any atom is -0.496 e. The Bertz CT molecular complexity index is 657. The first-order valence-corrected chi connectivity index (χ1v) is 7.04. The Labute approximate surface area is 127 Å². The van der Waals surface area contributed by atoms with Gasteiger partial charge in [0.1, 0.15) is 11.5 Å². The topological polar surface area (TPSA) is 18.5 Å². The molecule has 0 heterocycles. The average Bonchev–Trinajstić information content (AvgIpc) is 2.49. The van der Waals surface area contributed by atoms with Gasteiger partial charge >= 0.3 is 0 Å². The normalized spacial score (nSPS) is 10.3. The molecule has 0 N–H and O–H groups in total. The van der Waals surface area contributed by atoms with Gasteiger partial charge in [-0.05, 0) is 66.3 Å². The monoisotopic (exact) mass is 282 g/mol. The fraction of sp³-hybridized carbons (Fsp3) is 0.263. The van der Waals surface area contributed by atoms with E-state index in [9.17, 15) is 0 Å². The van der Waals surface area contributed by atoms with Crippen molar-refractivity contribution < 1.29 is 9.47 Å². The second-order valence-electron chi connectivity index (χ2n) is 5.10. The Hall–Kier alpha value is -2.22. The number of aryl methyl sites for hydroxylation is 1. The van der Waals surface area contributed by atoms with Gasteiger partial charge in [0.25, 0.3) is 0 Å². The highest BCUT2D eigenvalue weighted by Gasteiger charge is 2.12. The molecule has 2 nitrogen and oxygen atoms in total. The maximum atomic E-state index is 5.43. The molecule has 0 aliphatic heterocycles. The lowest BCUT2D eigenvalue weighted by molar-refractivity contribution is 0.411. The van der Waals surface area contributed by atoms with Crippen LogP contribution in [0.3, 0.4) is 0 Å². The van der Waals surface area contributed by atoms with Crippen LogP contribution in [0.2, 0.25) is 0 Å². The highest BCUT2D eigenvalue weighted by molar-refractivity contribution is 5.72. The summed E-state index contributed by atoms with van der Waals surface area (Å²) >= 11 is 0. The molecule has 110 valence electrons. The second kappa shape index (κ2) is 6.49. The van der Waals surface area contributed by atoms with Crippen molar-refractivity contribution in [2.75, 3.05) is 14.2 Å². The highest BCUT2D eigenvalue weighted by Crippen LogP contribution is 2.34. The molecule has 0 unspecified atom stereocenters. The average molecular weight is 282 g/mol. The molecule has 0 aliphatic rings. The van der Waals surface area contributed by atoms with E-state index >= 15 is 0 Å². The van der Waals surface area contributed by atoms with Crippen LogP contribution in [0.4, 0.5) is 0 Å². The van der Waals surface area contributed by atoms with Crippen LogP contribution in [-0.2, 0) is 6.42 Å². The van der Waals surface area contributed by atoms with Gasteiger partial charge in [0, 0.05) is 0 Å². The van der Waals surface area contributed by atoms with Crippen molar-refractivity contribution in [3.8, 4) is 22.6 Å². The zero-order valence-corrected chi connectivity index (χ0v) is 13.2. The van der Waals surface area contributed by atoms with E-state index in [2.05, 4.69) is 38.6 Å². The van der Waals surface area contributed by atoms with Crippen LogP contribution in [0.25, 0.3) is 11.1 Å². The summed E-state index contributed by atoms with van der Waals surface area (Å²) in [5.41, 5.74) is 5.97. The Balaban J connectivity index is 2.60. The Morgan fingerprint density at radius 3 is 2.24 bits per heavy atom. The number of hydrogen-bond donors (Lipinski definition) is 0. The molecule has 21 heavy (non-hydrogen) atoms. The van der Waals surface area contributed by atoms with E-state index in [1.54, 1.807) is 14.2 Å². The maximum absolute atomic E-state index is 5.43. The van der Waals surface area contributed by atoms with Gasteiger partial charge in [-0.1, -0.05) is 18.2 Å². The molecule has 0 bridgehead atoms. The van der Waals surface area contributed by atoms with Crippen LogP contribution in [-0.4, -0.2) is 14.2 Å². The molecule has 2 aromatic carbocycles. The first-order valence-electron chi connectivity index (χ1n) is 7.04.